The van der Waals surface area contributed by atoms with Gasteiger partial charge in [0.1, 0.15) is 12.1 Å². The molecule has 0 aliphatic heterocycles. The number of hydrogen-bond acceptors (Lipinski definition) is 6. The maximum Gasteiger partial charge on any atom is 0.326 e. The molecule has 0 bridgehead atoms. The van der Waals surface area contributed by atoms with Gasteiger partial charge in [-0.2, -0.15) is 11.8 Å². The third-order valence-corrected chi connectivity index (χ3v) is 4.62. The Labute approximate surface area is 170 Å². The first-order valence-corrected chi connectivity index (χ1v) is 10.7. The number of thioether (sulfide) groups is 1. The van der Waals surface area contributed by atoms with E-state index < -0.39 is 41.8 Å². The SMILES string of the molecule is CSCCC(NC(=O)C(N)CC(C)C)C(=O)NCC(=O)NC(C(=O)O)C(C)C. The first kappa shape index (κ1) is 26.2. The lowest BCUT2D eigenvalue weighted by atomic mass is 10.0. The summed E-state index contributed by atoms with van der Waals surface area (Å²) in [7, 11) is 0. The van der Waals surface area contributed by atoms with E-state index in [4.69, 9.17) is 10.8 Å². The van der Waals surface area contributed by atoms with Gasteiger partial charge in [-0.25, -0.2) is 4.79 Å². The Bertz CT molecular complexity index is 542. The molecule has 3 amide bonds. The zero-order chi connectivity index (χ0) is 21.9. The smallest absolute Gasteiger partial charge is 0.326 e. The van der Waals surface area contributed by atoms with Gasteiger partial charge >= 0.3 is 5.97 Å². The lowest BCUT2D eigenvalue weighted by molar-refractivity contribution is -0.143. The van der Waals surface area contributed by atoms with E-state index in [0.717, 1.165) is 0 Å². The van der Waals surface area contributed by atoms with Crippen LogP contribution in [0.4, 0.5) is 0 Å². The first-order chi connectivity index (χ1) is 13.0. The Balaban J connectivity index is 4.78. The minimum Gasteiger partial charge on any atom is -0.480 e. The fraction of sp³-hybridized carbons (Fsp3) is 0.778. The summed E-state index contributed by atoms with van der Waals surface area (Å²) in [5.74, 6) is -2.09. The predicted octanol–water partition coefficient (Wildman–Crippen LogP) is -0.0607. The van der Waals surface area contributed by atoms with Gasteiger partial charge < -0.3 is 26.8 Å². The molecule has 9 nitrogen and oxygen atoms in total. The molecule has 6 N–H and O–H groups in total. The number of carboxylic acid groups (broad SMARTS) is 1. The van der Waals surface area contributed by atoms with Crippen LogP contribution in [0.5, 0.6) is 0 Å². The second-order valence-electron chi connectivity index (χ2n) is 7.42. The molecule has 0 spiro atoms. The molecule has 0 aromatic rings. The maximum atomic E-state index is 12.4. The molecule has 0 aliphatic carbocycles. The minimum atomic E-state index is -1.14. The van der Waals surface area contributed by atoms with Gasteiger partial charge in [-0.1, -0.05) is 27.7 Å². The van der Waals surface area contributed by atoms with Crippen LogP contribution in [-0.2, 0) is 19.2 Å². The van der Waals surface area contributed by atoms with Crippen molar-refractivity contribution >= 4 is 35.5 Å². The summed E-state index contributed by atoms with van der Waals surface area (Å²) >= 11 is 1.53. The standard InChI is InChI=1S/C18H34N4O5S/c1-10(2)8-12(19)16(24)21-13(6-7-28-5)17(25)20-9-14(23)22-15(11(3)4)18(26)27/h10-13,15H,6-9,19H2,1-5H3,(H,20,25)(H,21,24)(H,22,23)(H,26,27). The van der Waals surface area contributed by atoms with Crippen molar-refractivity contribution in [2.45, 2.75) is 58.7 Å². The van der Waals surface area contributed by atoms with Gasteiger partial charge in [-0.05, 0) is 36.7 Å². The van der Waals surface area contributed by atoms with Crippen LogP contribution < -0.4 is 21.7 Å². The number of nitrogens with two attached hydrogens (primary N) is 1. The number of carbonyl (C=O) groups excluding carboxylic acids is 3. The van der Waals surface area contributed by atoms with Crippen molar-refractivity contribution in [2.75, 3.05) is 18.6 Å². The summed E-state index contributed by atoms with van der Waals surface area (Å²) in [4.78, 5) is 47.7. The molecule has 0 radical (unpaired) electrons. The van der Waals surface area contributed by atoms with Gasteiger partial charge in [0.05, 0.1) is 12.6 Å². The quantitative estimate of drug-likeness (QED) is 0.281. The highest BCUT2D eigenvalue weighted by Gasteiger charge is 2.26. The third kappa shape index (κ3) is 10.5. The van der Waals surface area contributed by atoms with E-state index in [1.165, 1.54) is 11.8 Å². The van der Waals surface area contributed by atoms with E-state index >= 15 is 0 Å². The number of nitrogens with one attached hydrogen (secondary N) is 3. The van der Waals surface area contributed by atoms with E-state index in [9.17, 15) is 19.2 Å². The molecule has 0 aliphatic rings. The highest BCUT2D eigenvalue weighted by atomic mass is 32.2. The van der Waals surface area contributed by atoms with Crippen LogP contribution in [0.3, 0.4) is 0 Å². The van der Waals surface area contributed by atoms with Crippen molar-refractivity contribution in [3.05, 3.63) is 0 Å². The van der Waals surface area contributed by atoms with Crippen LogP contribution in [0.2, 0.25) is 0 Å². The van der Waals surface area contributed by atoms with Crippen molar-refractivity contribution in [1.29, 1.82) is 0 Å². The Morgan fingerprint density at radius 3 is 2.11 bits per heavy atom. The van der Waals surface area contributed by atoms with Crippen LogP contribution in [0.25, 0.3) is 0 Å². The molecule has 0 fully saturated rings. The van der Waals surface area contributed by atoms with Crippen molar-refractivity contribution in [1.82, 2.24) is 16.0 Å². The Hall–Kier alpha value is -1.81. The zero-order valence-corrected chi connectivity index (χ0v) is 18.1. The number of carbonyl (C=O) groups is 4. The van der Waals surface area contributed by atoms with E-state index in [-0.39, 0.29) is 18.4 Å². The Kier molecular flexibility index (Phi) is 12.5. The molecule has 0 heterocycles. The predicted molar refractivity (Wildman–Crippen MR) is 110 cm³/mol. The molecule has 0 aromatic carbocycles. The van der Waals surface area contributed by atoms with Gasteiger partial charge in [-0.3, -0.25) is 14.4 Å². The maximum absolute atomic E-state index is 12.4. The normalized spacial score (nSPS) is 14.3. The summed E-state index contributed by atoms with van der Waals surface area (Å²) in [5.41, 5.74) is 5.86. The second kappa shape index (κ2) is 13.4. The monoisotopic (exact) mass is 418 g/mol. The molecule has 0 saturated heterocycles. The van der Waals surface area contributed by atoms with E-state index in [1.54, 1.807) is 13.8 Å². The highest BCUT2D eigenvalue weighted by Crippen LogP contribution is 2.06. The summed E-state index contributed by atoms with van der Waals surface area (Å²) in [6, 6.07) is -2.56. The number of aliphatic carboxylic acids is 1. The lowest BCUT2D eigenvalue weighted by Crippen LogP contribution is -2.54. The second-order valence-corrected chi connectivity index (χ2v) is 8.41. The molecule has 10 heteroatoms. The topological polar surface area (TPSA) is 151 Å². The van der Waals surface area contributed by atoms with Gasteiger partial charge in [-0.15, -0.1) is 0 Å². The van der Waals surface area contributed by atoms with Crippen molar-refractivity contribution < 1.29 is 24.3 Å². The number of rotatable bonds is 13. The number of amides is 3. The van der Waals surface area contributed by atoms with Gasteiger partial charge in [0.25, 0.3) is 0 Å². The van der Waals surface area contributed by atoms with Gasteiger partial charge in [0, 0.05) is 0 Å². The van der Waals surface area contributed by atoms with Crippen molar-refractivity contribution in [2.24, 2.45) is 17.6 Å². The van der Waals surface area contributed by atoms with Crippen molar-refractivity contribution in [3.8, 4) is 0 Å². The van der Waals surface area contributed by atoms with Crippen LogP contribution in [0.15, 0.2) is 0 Å². The molecular formula is C18H34N4O5S. The lowest BCUT2D eigenvalue weighted by Gasteiger charge is -2.22. The zero-order valence-electron chi connectivity index (χ0n) is 17.3. The van der Waals surface area contributed by atoms with Crippen LogP contribution in [-0.4, -0.2) is 65.5 Å². The average molecular weight is 419 g/mol. The molecule has 3 unspecified atom stereocenters. The minimum absolute atomic E-state index is 0.242. The number of carboxylic acids is 1. The Morgan fingerprint density at radius 2 is 1.64 bits per heavy atom. The van der Waals surface area contributed by atoms with Crippen molar-refractivity contribution in [3.63, 3.8) is 0 Å². The molecule has 3 atom stereocenters. The Morgan fingerprint density at radius 1 is 1.04 bits per heavy atom. The fourth-order valence-electron chi connectivity index (χ4n) is 2.43. The third-order valence-electron chi connectivity index (χ3n) is 3.98. The molecular weight excluding hydrogens is 384 g/mol. The van der Waals surface area contributed by atoms with Crippen LogP contribution in [0.1, 0.15) is 40.5 Å². The fourth-order valence-corrected chi connectivity index (χ4v) is 2.90. The van der Waals surface area contributed by atoms with Gasteiger partial charge in [0.15, 0.2) is 0 Å². The molecule has 0 aromatic heterocycles. The summed E-state index contributed by atoms with van der Waals surface area (Å²) < 4.78 is 0. The summed E-state index contributed by atoms with van der Waals surface area (Å²) in [6.45, 7) is 6.87. The summed E-state index contributed by atoms with van der Waals surface area (Å²) in [6.07, 6.45) is 2.77. The largest absolute Gasteiger partial charge is 0.480 e. The van der Waals surface area contributed by atoms with E-state index in [1.807, 2.05) is 20.1 Å². The molecule has 0 saturated carbocycles. The van der Waals surface area contributed by atoms with E-state index in [2.05, 4.69) is 16.0 Å². The highest BCUT2D eigenvalue weighted by molar-refractivity contribution is 7.98. The molecule has 28 heavy (non-hydrogen) atoms. The summed E-state index contributed by atoms with van der Waals surface area (Å²) in [5, 5.41) is 16.6. The van der Waals surface area contributed by atoms with Gasteiger partial charge in [0.2, 0.25) is 17.7 Å². The molecule has 162 valence electrons. The average Bonchev–Trinajstić information content (AvgIpc) is 2.59. The van der Waals surface area contributed by atoms with E-state index in [0.29, 0.717) is 18.6 Å². The van der Waals surface area contributed by atoms with Crippen LogP contribution >= 0.6 is 11.8 Å². The number of hydrogen-bond donors (Lipinski definition) is 5. The first-order valence-electron chi connectivity index (χ1n) is 9.34. The van der Waals surface area contributed by atoms with Crippen LogP contribution in [0, 0.1) is 11.8 Å². The molecule has 0 rings (SSSR count).